The van der Waals surface area contributed by atoms with Gasteiger partial charge in [0.2, 0.25) is 5.91 Å². The first-order valence-electron chi connectivity index (χ1n) is 6.16. The highest BCUT2D eigenvalue weighted by Crippen LogP contribution is 2.17. The Kier molecular flexibility index (Phi) is 4.16. The highest BCUT2D eigenvalue weighted by molar-refractivity contribution is 7.11. The van der Waals surface area contributed by atoms with Gasteiger partial charge in [-0.25, -0.2) is 4.98 Å². The average Bonchev–Trinajstić information content (AvgIpc) is 2.67. The summed E-state index contributed by atoms with van der Waals surface area (Å²) in [4.78, 5) is 32.3. The molecule has 1 aliphatic rings. The Morgan fingerprint density at radius 3 is 2.74 bits per heavy atom. The normalized spacial score (nSPS) is 21.2. The van der Waals surface area contributed by atoms with Gasteiger partial charge in [0.05, 0.1) is 17.1 Å². The van der Waals surface area contributed by atoms with Crippen LogP contribution < -0.4 is 5.73 Å². The largest absolute Gasteiger partial charge is 0.369 e. The van der Waals surface area contributed by atoms with Crippen LogP contribution in [0.25, 0.3) is 0 Å². The van der Waals surface area contributed by atoms with Crippen molar-refractivity contribution in [1.29, 1.82) is 0 Å². The number of hydrogen-bond donors (Lipinski definition) is 1. The average molecular weight is 282 g/mol. The Balaban J connectivity index is 2.17. The monoisotopic (exact) mass is 282 g/mol. The summed E-state index contributed by atoms with van der Waals surface area (Å²) in [6.07, 6.45) is 0. The number of aromatic nitrogens is 1. The van der Waals surface area contributed by atoms with Crippen LogP contribution in [0.3, 0.4) is 0 Å². The molecule has 2 heterocycles. The van der Waals surface area contributed by atoms with E-state index in [1.54, 1.807) is 10.4 Å². The van der Waals surface area contributed by atoms with Crippen LogP contribution in [0.2, 0.25) is 0 Å². The molecule has 2 amide bonds. The third kappa shape index (κ3) is 3.10. The van der Waals surface area contributed by atoms with E-state index in [2.05, 4.69) is 4.98 Å². The lowest BCUT2D eigenvalue weighted by molar-refractivity contribution is -0.122. The van der Waals surface area contributed by atoms with Gasteiger partial charge >= 0.3 is 0 Å². The first-order chi connectivity index (χ1) is 8.99. The van der Waals surface area contributed by atoms with Gasteiger partial charge in [0.25, 0.3) is 5.91 Å². The van der Waals surface area contributed by atoms with Crippen molar-refractivity contribution in [3.8, 4) is 0 Å². The quantitative estimate of drug-likeness (QED) is 0.824. The van der Waals surface area contributed by atoms with Crippen LogP contribution in [0.15, 0.2) is 5.51 Å². The number of aryl methyl sites for hydroxylation is 1. The molecule has 0 saturated carbocycles. The van der Waals surface area contributed by atoms with Gasteiger partial charge in [-0.3, -0.25) is 9.59 Å². The van der Waals surface area contributed by atoms with E-state index in [1.807, 2.05) is 18.9 Å². The van der Waals surface area contributed by atoms with E-state index in [0.29, 0.717) is 24.5 Å². The summed E-state index contributed by atoms with van der Waals surface area (Å²) >= 11 is 1.34. The first kappa shape index (κ1) is 14.0. The number of nitrogens with two attached hydrogens (primary N) is 1. The maximum absolute atomic E-state index is 12.4. The lowest BCUT2D eigenvalue weighted by Gasteiger charge is -2.22. The summed E-state index contributed by atoms with van der Waals surface area (Å²) in [7, 11) is 1.93. The number of carbonyl (C=O) groups excluding carboxylic acids is 2. The molecule has 2 N–H and O–H groups in total. The van der Waals surface area contributed by atoms with Gasteiger partial charge in [0.15, 0.2) is 0 Å². The molecular formula is C12H18N4O2S. The number of thiazole rings is 1. The molecule has 1 aromatic rings. The standard InChI is InChI=1S/C12H18N4O2S/c1-8-10(19-7-14-8)12(18)16-4-3-15(2)5-9(6-16)11(13)17/h7,9H,3-6H2,1-2H3,(H2,13,17)/t9-/m0/s1. The van der Waals surface area contributed by atoms with Crippen molar-refractivity contribution < 1.29 is 9.59 Å². The summed E-state index contributed by atoms with van der Waals surface area (Å²) in [5, 5.41) is 0. The van der Waals surface area contributed by atoms with E-state index in [1.165, 1.54) is 11.3 Å². The van der Waals surface area contributed by atoms with Crippen LogP contribution in [0, 0.1) is 12.8 Å². The fourth-order valence-corrected chi connectivity index (χ4v) is 2.96. The van der Waals surface area contributed by atoms with E-state index >= 15 is 0 Å². The summed E-state index contributed by atoms with van der Waals surface area (Å²) < 4.78 is 0. The molecule has 1 atom stereocenters. The maximum atomic E-state index is 12.4. The molecule has 0 radical (unpaired) electrons. The molecule has 0 spiro atoms. The summed E-state index contributed by atoms with van der Waals surface area (Å²) in [5.74, 6) is -0.723. The SMILES string of the molecule is Cc1ncsc1C(=O)N1CCN(C)C[C@H](C(N)=O)C1. The van der Waals surface area contributed by atoms with E-state index in [0.717, 1.165) is 12.2 Å². The number of amides is 2. The van der Waals surface area contributed by atoms with Crippen molar-refractivity contribution in [1.82, 2.24) is 14.8 Å². The predicted molar refractivity (Wildman–Crippen MR) is 72.9 cm³/mol. The van der Waals surface area contributed by atoms with Crippen molar-refractivity contribution in [2.75, 3.05) is 33.2 Å². The molecule has 0 bridgehead atoms. The van der Waals surface area contributed by atoms with Crippen LogP contribution in [0.1, 0.15) is 15.4 Å². The maximum Gasteiger partial charge on any atom is 0.265 e. The molecule has 0 aliphatic carbocycles. The number of hydrogen-bond acceptors (Lipinski definition) is 5. The second kappa shape index (κ2) is 5.66. The Morgan fingerprint density at radius 2 is 2.16 bits per heavy atom. The molecule has 1 aromatic heterocycles. The van der Waals surface area contributed by atoms with Crippen LogP contribution in [0.5, 0.6) is 0 Å². The predicted octanol–water partition coefficient (Wildman–Crippen LogP) is -0.0594. The molecule has 104 valence electrons. The van der Waals surface area contributed by atoms with Gasteiger partial charge in [-0.2, -0.15) is 0 Å². The molecule has 1 fully saturated rings. The molecule has 1 aliphatic heterocycles. The number of nitrogens with zero attached hydrogens (tertiary/aromatic N) is 3. The Hall–Kier alpha value is -1.47. The summed E-state index contributed by atoms with van der Waals surface area (Å²) in [6.45, 7) is 4.15. The molecule has 6 nitrogen and oxygen atoms in total. The van der Waals surface area contributed by atoms with Gasteiger partial charge in [0.1, 0.15) is 4.88 Å². The van der Waals surface area contributed by atoms with Gasteiger partial charge in [-0.05, 0) is 14.0 Å². The minimum absolute atomic E-state index is 0.0541. The van der Waals surface area contributed by atoms with E-state index in [4.69, 9.17) is 5.73 Å². The fourth-order valence-electron chi connectivity index (χ4n) is 2.19. The van der Waals surface area contributed by atoms with Crippen molar-refractivity contribution >= 4 is 23.2 Å². The summed E-state index contributed by atoms with van der Waals surface area (Å²) in [5.41, 5.74) is 7.80. The highest BCUT2D eigenvalue weighted by atomic mass is 32.1. The van der Waals surface area contributed by atoms with Crippen molar-refractivity contribution in [3.05, 3.63) is 16.1 Å². The van der Waals surface area contributed by atoms with Crippen molar-refractivity contribution in [2.24, 2.45) is 11.7 Å². The Labute approximate surface area is 116 Å². The zero-order chi connectivity index (χ0) is 14.0. The lowest BCUT2D eigenvalue weighted by Crippen LogP contribution is -2.40. The molecule has 2 rings (SSSR count). The number of carbonyl (C=O) groups is 2. The van der Waals surface area contributed by atoms with E-state index in [-0.39, 0.29) is 17.7 Å². The van der Waals surface area contributed by atoms with Gasteiger partial charge in [0, 0.05) is 26.2 Å². The molecule has 0 aromatic carbocycles. The van der Waals surface area contributed by atoms with Crippen molar-refractivity contribution in [3.63, 3.8) is 0 Å². The Morgan fingerprint density at radius 1 is 1.42 bits per heavy atom. The molecule has 19 heavy (non-hydrogen) atoms. The van der Waals surface area contributed by atoms with Crippen LogP contribution in [0.4, 0.5) is 0 Å². The zero-order valence-electron chi connectivity index (χ0n) is 11.1. The van der Waals surface area contributed by atoms with Crippen LogP contribution in [-0.4, -0.2) is 59.8 Å². The molecule has 1 saturated heterocycles. The number of likely N-dealkylation sites (N-methyl/N-ethyl adjacent to an activating group) is 1. The second-order valence-electron chi connectivity index (χ2n) is 4.88. The van der Waals surface area contributed by atoms with Crippen LogP contribution in [-0.2, 0) is 4.79 Å². The van der Waals surface area contributed by atoms with Gasteiger partial charge in [-0.15, -0.1) is 11.3 Å². The van der Waals surface area contributed by atoms with Gasteiger partial charge < -0.3 is 15.5 Å². The first-order valence-corrected chi connectivity index (χ1v) is 7.04. The Bertz CT molecular complexity index is 488. The fraction of sp³-hybridized carbons (Fsp3) is 0.583. The third-order valence-corrected chi connectivity index (χ3v) is 4.27. The van der Waals surface area contributed by atoms with E-state index in [9.17, 15) is 9.59 Å². The zero-order valence-corrected chi connectivity index (χ0v) is 11.9. The third-order valence-electron chi connectivity index (χ3n) is 3.35. The number of rotatable bonds is 2. The minimum atomic E-state index is -0.354. The highest BCUT2D eigenvalue weighted by Gasteiger charge is 2.29. The van der Waals surface area contributed by atoms with Crippen molar-refractivity contribution in [2.45, 2.75) is 6.92 Å². The van der Waals surface area contributed by atoms with E-state index < -0.39 is 0 Å². The topological polar surface area (TPSA) is 79.5 Å². The summed E-state index contributed by atoms with van der Waals surface area (Å²) in [6, 6.07) is 0. The second-order valence-corrected chi connectivity index (χ2v) is 5.73. The molecular weight excluding hydrogens is 264 g/mol. The van der Waals surface area contributed by atoms with Crippen LogP contribution >= 0.6 is 11.3 Å². The molecule has 0 unspecified atom stereocenters. The smallest absolute Gasteiger partial charge is 0.265 e. The lowest BCUT2D eigenvalue weighted by atomic mass is 10.1. The number of primary amides is 1. The molecule has 7 heteroatoms. The van der Waals surface area contributed by atoms with Gasteiger partial charge in [-0.1, -0.05) is 0 Å². The minimum Gasteiger partial charge on any atom is -0.369 e.